The lowest BCUT2D eigenvalue weighted by Gasteiger charge is -2.28. The van der Waals surface area contributed by atoms with Crippen LogP contribution < -0.4 is 5.73 Å². The lowest BCUT2D eigenvalue weighted by atomic mass is 10.0. The van der Waals surface area contributed by atoms with Gasteiger partial charge in [0.25, 0.3) is 0 Å². The second-order valence-corrected chi connectivity index (χ2v) is 4.91. The summed E-state index contributed by atoms with van der Waals surface area (Å²) in [5, 5.41) is 0. The van der Waals surface area contributed by atoms with Crippen LogP contribution in [0.1, 0.15) is 30.6 Å². The van der Waals surface area contributed by atoms with Crippen molar-refractivity contribution >= 4 is 0 Å². The second kappa shape index (κ2) is 5.02. The fourth-order valence-electron chi connectivity index (χ4n) is 2.83. The first kappa shape index (κ1) is 11.7. The van der Waals surface area contributed by atoms with E-state index in [0.29, 0.717) is 12.0 Å². The molecule has 2 N–H and O–H groups in total. The fraction of sp³-hybridized carbons (Fsp3) is 0.692. The first-order chi connectivity index (χ1) is 7.72. The standard InChI is InChI=1S/C13H22N2O/c1-10-12(6-7-16-10)9-15(2)13-5-3-4-11(13)8-14/h6-7,11,13H,3-5,8-9,14H2,1-2H3. The third kappa shape index (κ3) is 2.30. The molecule has 0 aliphatic heterocycles. The Morgan fingerprint density at radius 2 is 2.31 bits per heavy atom. The predicted octanol–water partition coefficient (Wildman–Crippen LogP) is 2.15. The quantitative estimate of drug-likeness (QED) is 0.848. The second-order valence-electron chi connectivity index (χ2n) is 4.91. The van der Waals surface area contributed by atoms with E-state index in [1.165, 1.54) is 24.8 Å². The van der Waals surface area contributed by atoms with Gasteiger partial charge in [-0.1, -0.05) is 6.42 Å². The van der Waals surface area contributed by atoms with E-state index < -0.39 is 0 Å². The Labute approximate surface area is 97.6 Å². The molecule has 1 heterocycles. The van der Waals surface area contributed by atoms with Crippen molar-refractivity contribution in [3.05, 3.63) is 23.7 Å². The van der Waals surface area contributed by atoms with Gasteiger partial charge >= 0.3 is 0 Å². The minimum absolute atomic E-state index is 0.652. The van der Waals surface area contributed by atoms with E-state index in [1.807, 2.05) is 6.92 Å². The highest BCUT2D eigenvalue weighted by Crippen LogP contribution is 2.29. The van der Waals surface area contributed by atoms with Gasteiger partial charge in [0, 0.05) is 18.2 Å². The maximum Gasteiger partial charge on any atom is 0.105 e. The molecule has 1 aromatic rings. The molecule has 3 nitrogen and oxygen atoms in total. The predicted molar refractivity (Wildman–Crippen MR) is 65.1 cm³/mol. The number of hydrogen-bond acceptors (Lipinski definition) is 3. The van der Waals surface area contributed by atoms with Crippen molar-refractivity contribution in [3.8, 4) is 0 Å². The normalized spacial score (nSPS) is 25.5. The monoisotopic (exact) mass is 222 g/mol. The Balaban J connectivity index is 1.97. The summed E-state index contributed by atoms with van der Waals surface area (Å²) in [6, 6.07) is 2.72. The van der Waals surface area contributed by atoms with Gasteiger partial charge in [0.15, 0.2) is 0 Å². The SMILES string of the molecule is Cc1occc1CN(C)C1CCCC1CN. The number of nitrogens with two attached hydrogens (primary N) is 1. The Hall–Kier alpha value is -0.800. The summed E-state index contributed by atoms with van der Waals surface area (Å²) in [4.78, 5) is 2.43. The molecule has 2 unspecified atom stereocenters. The minimum atomic E-state index is 0.652. The van der Waals surface area contributed by atoms with E-state index in [0.717, 1.165) is 18.8 Å². The molecule has 0 aromatic carbocycles. The van der Waals surface area contributed by atoms with E-state index >= 15 is 0 Å². The topological polar surface area (TPSA) is 42.4 Å². The summed E-state index contributed by atoms with van der Waals surface area (Å²) < 4.78 is 5.33. The summed E-state index contributed by atoms with van der Waals surface area (Å²) in [5.41, 5.74) is 7.12. The van der Waals surface area contributed by atoms with E-state index in [9.17, 15) is 0 Å². The van der Waals surface area contributed by atoms with Crippen LogP contribution in [-0.2, 0) is 6.54 Å². The molecule has 1 fully saturated rings. The van der Waals surface area contributed by atoms with Gasteiger partial charge in [0.05, 0.1) is 6.26 Å². The third-order valence-corrected chi connectivity index (χ3v) is 3.87. The van der Waals surface area contributed by atoms with Gasteiger partial charge in [-0.2, -0.15) is 0 Å². The molecule has 0 radical (unpaired) electrons. The van der Waals surface area contributed by atoms with Crippen LogP contribution >= 0.6 is 0 Å². The number of hydrogen-bond donors (Lipinski definition) is 1. The molecule has 1 saturated carbocycles. The molecule has 90 valence electrons. The lowest BCUT2D eigenvalue weighted by molar-refractivity contribution is 0.192. The first-order valence-electron chi connectivity index (χ1n) is 6.15. The number of nitrogens with zero attached hydrogens (tertiary/aromatic N) is 1. The zero-order chi connectivity index (χ0) is 11.5. The molecule has 3 heteroatoms. The van der Waals surface area contributed by atoms with Crippen molar-refractivity contribution in [2.75, 3.05) is 13.6 Å². The van der Waals surface area contributed by atoms with Crippen LogP contribution in [0.25, 0.3) is 0 Å². The molecule has 2 atom stereocenters. The highest BCUT2D eigenvalue weighted by Gasteiger charge is 2.29. The van der Waals surface area contributed by atoms with Crippen LogP contribution in [-0.4, -0.2) is 24.5 Å². The number of aryl methyl sites for hydroxylation is 1. The highest BCUT2D eigenvalue weighted by molar-refractivity contribution is 5.15. The molecule has 1 aromatic heterocycles. The Morgan fingerprint density at radius 1 is 1.50 bits per heavy atom. The zero-order valence-corrected chi connectivity index (χ0v) is 10.3. The van der Waals surface area contributed by atoms with Gasteiger partial charge in [-0.05, 0) is 45.3 Å². The van der Waals surface area contributed by atoms with Crippen molar-refractivity contribution in [3.63, 3.8) is 0 Å². The highest BCUT2D eigenvalue weighted by atomic mass is 16.3. The Bertz CT molecular complexity index is 334. The van der Waals surface area contributed by atoms with E-state index in [2.05, 4.69) is 18.0 Å². The molecule has 0 bridgehead atoms. The molecule has 0 amide bonds. The zero-order valence-electron chi connectivity index (χ0n) is 10.3. The van der Waals surface area contributed by atoms with E-state index in [-0.39, 0.29) is 0 Å². The van der Waals surface area contributed by atoms with Crippen LogP contribution in [0.2, 0.25) is 0 Å². The molecular weight excluding hydrogens is 200 g/mol. The van der Waals surface area contributed by atoms with Gasteiger partial charge in [0.1, 0.15) is 5.76 Å². The molecular formula is C13H22N2O. The van der Waals surface area contributed by atoms with Crippen molar-refractivity contribution in [2.45, 2.75) is 38.8 Å². The molecule has 0 spiro atoms. The van der Waals surface area contributed by atoms with Crippen molar-refractivity contribution in [1.82, 2.24) is 4.90 Å². The molecule has 1 aliphatic rings. The Morgan fingerprint density at radius 3 is 2.94 bits per heavy atom. The van der Waals surface area contributed by atoms with Gasteiger partial charge in [-0.15, -0.1) is 0 Å². The van der Waals surface area contributed by atoms with Gasteiger partial charge in [0.2, 0.25) is 0 Å². The van der Waals surface area contributed by atoms with Crippen LogP contribution in [0, 0.1) is 12.8 Å². The van der Waals surface area contributed by atoms with Gasteiger partial charge in [-0.25, -0.2) is 0 Å². The van der Waals surface area contributed by atoms with E-state index in [4.69, 9.17) is 10.2 Å². The van der Waals surface area contributed by atoms with Crippen LogP contribution in [0.5, 0.6) is 0 Å². The maximum absolute atomic E-state index is 5.82. The summed E-state index contributed by atoms with van der Waals surface area (Å²) in [7, 11) is 2.20. The summed E-state index contributed by atoms with van der Waals surface area (Å²) in [6.45, 7) is 3.82. The van der Waals surface area contributed by atoms with Crippen LogP contribution in [0.3, 0.4) is 0 Å². The average molecular weight is 222 g/mol. The largest absolute Gasteiger partial charge is 0.469 e. The van der Waals surface area contributed by atoms with Crippen LogP contribution in [0.15, 0.2) is 16.7 Å². The van der Waals surface area contributed by atoms with Gasteiger partial charge < -0.3 is 10.2 Å². The third-order valence-electron chi connectivity index (χ3n) is 3.87. The number of furan rings is 1. The van der Waals surface area contributed by atoms with Crippen LogP contribution in [0.4, 0.5) is 0 Å². The Kier molecular flexibility index (Phi) is 3.66. The molecule has 0 saturated heterocycles. The number of rotatable bonds is 4. The van der Waals surface area contributed by atoms with Crippen molar-refractivity contribution < 1.29 is 4.42 Å². The van der Waals surface area contributed by atoms with Crippen molar-refractivity contribution in [1.29, 1.82) is 0 Å². The summed E-state index contributed by atoms with van der Waals surface area (Å²) in [6.07, 6.45) is 5.67. The smallest absolute Gasteiger partial charge is 0.105 e. The van der Waals surface area contributed by atoms with E-state index in [1.54, 1.807) is 6.26 Å². The first-order valence-corrected chi connectivity index (χ1v) is 6.15. The van der Waals surface area contributed by atoms with Gasteiger partial charge in [-0.3, -0.25) is 4.90 Å². The molecule has 2 rings (SSSR count). The lowest BCUT2D eigenvalue weighted by Crippen LogP contribution is -2.37. The maximum atomic E-state index is 5.82. The molecule has 16 heavy (non-hydrogen) atoms. The van der Waals surface area contributed by atoms with Crippen molar-refractivity contribution in [2.24, 2.45) is 11.7 Å². The molecule has 1 aliphatic carbocycles. The summed E-state index contributed by atoms with van der Waals surface area (Å²) in [5.74, 6) is 1.71. The average Bonchev–Trinajstić information content (AvgIpc) is 2.87. The fourth-order valence-corrected chi connectivity index (χ4v) is 2.83. The summed E-state index contributed by atoms with van der Waals surface area (Å²) >= 11 is 0. The minimum Gasteiger partial charge on any atom is -0.469 e.